The fourth-order valence-electron chi connectivity index (χ4n) is 1.61. The maximum Gasteiger partial charge on any atom is 0.169 e. The Morgan fingerprint density at radius 1 is 0.900 bits per heavy atom. The van der Waals surface area contributed by atoms with Gasteiger partial charge >= 0.3 is 0 Å². The van der Waals surface area contributed by atoms with Gasteiger partial charge in [-0.1, -0.05) is 29.5 Å². The van der Waals surface area contributed by atoms with Crippen LogP contribution in [0.5, 0.6) is 0 Å². The molecule has 0 unspecified atom stereocenters. The van der Waals surface area contributed by atoms with E-state index in [-0.39, 0.29) is 0 Å². The molecule has 1 heterocycles. The maximum absolute atomic E-state index is 4.10. The van der Waals surface area contributed by atoms with Crippen molar-refractivity contribution in [3.8, 4) is 0 Å². The Balaban J connectivity index is 2.05. The van der Waals surface area contributed by atoms with Crippen LogP contribution in [0.25, 0.3) is 12.2 Å². The number of nitrogens with zero attached hydrogens (tertiary/aromatic N) is 4. The van der Waals surface area contributed by atoms with E-state index in [1.54, 1.807) is 5.01 Å². The maximum atomic E-state index is 4.10. The average molecular weight is 267 g/mol. The third-order valence-corrected chi connectivity index (χ3v) is 2.70. The average Bonchev–Trinajstić information content (AvgIpc) is 2.45. The lowest BCUT2D eigenvalue weighted by atomic mass is 10.1. The molecular formula is C16H19N4+. The summed E-state index contributed by atoms with van der Waals surface area (Å²) >= 11 is 0. The summed E-state index contributed by atoms with van der Waals surface area (Å²) in [6.07, 6.45) is 8.24. The number of hydrogen-bond acceptors (Lipinski definition) is 2. The molecule has 0 radical (unpaired) electrons. The Morgan fingerprint density at radius 2 is 1.45 bits per heavy atom. The van der Waals surface area contributed by atoms with Crippen LogP contribution in [0.2, 0.25) is 0 Å². The van der Waals surface area contributed by atoms with Gasteiger partial charge in [0.05, 0.1) is 5.69 Å². The zero-order valence-corrected chi connectivity index (χ0v) is 12.1. The van der Waals surface area contributed by atoms with Crippen LogP contribution in [0.1, 0.15) is 11.1 Å². The van der Waals surface area contributed by atoms with Crippen molar-refractivity contribution in [2.75, 3.05) is 14.1 Å². The monoisotopic (exact) mass is 267 g/mol. The molecule has 0 spiro atoms. The van der Waals surface area contributed by atoms with Crippen LogP contribution >= 0.6 is 0 Å². The molecule has 0 amide bonds. The second-order valence-corrected chi connectivity index (χ2v) is 4.76. The SMILES string of the molecule is CN(C)N=Nc1ccc(/C=C/c2cc[n+](C)cc2)cc1. The molecule has 0 saturated carbocycles. The first-order valence-corrected chi connectivity index (χ1v) is 6.46. The second kappa shape index (κ2) is 6.61. The number of pyridine rings is 1. The van der Waals surface area contributed by atoms with Crippen LogP contribution in [0, 0.1) is 0 Å². The van der Waals surface area contributed by atoms with Crippen LogP contribution in [0.3, 0.4) is 0 Å². The third kappa shape index (κ3) is 4.31. The smallest absolute Gasteiger partial charge is 0.169 e. The van der Waals surface area contributed by atoms with Gasteiger partial charge in [-0.3, -0.25) is 5.01 Å². The Labute approximate surface area is 119 Å². The molecular weight excluding hydrogens is 248 g/mol. The highest BCUT2D eigenvalue weighted by Gasteiger charge is 1.93. The molecule has 0 aliphatic carbocycles. The highest BCUT2D eigenvalue weighted by atomic mass is 15.5. The molecule has 20 heavy (non-hydrogen) atoms. The van der Waals surface area contributed by atoms with Crippen molar-refractivity contribution in [1.82, 2.24) is 5.01 Å². The number of rotatable bonds is 4. The van der Waals surface area contributed by atoms with Gasteiger partial charge in [-0.15, -0.1) is 5.11 Å². The van der Waals surface area contributed by atoms with E-state index in [9.17, 15) is 0 Å². The zero-order chi connectivity index (χ0) is 14.4. The van der Waals surface area contributed by atoms with Gasteiger partial charge in [-0.2, -0.15) is 0 Å². The molecule has 0 fully saturated rings. The van der Waals surface area contributed by atoms with Crippen molar-refractivity contribution >= 4 is 17.8 Å². The molecule has 4 heteroatoms. The lowest BCUT2D eigenvalue weighted by Crippen LogP contribution is -2.25. The van der Waals surface area contributed by atoms with E-state index in [0.717, 1.165) is 11.3 Å². The van der Waals surface area contributed by atoms with Crippen molar-refractivity contribution in [3.63, 3.8) is 0 Å². The van der Waals surface area contributed by atoms with Crippen LogP contribution in [-0.4, -0.2) is 19.1 Å². The molecule has 1 aromatic heterocycles. The Morgan fingerprint density at radius 3 is 2.00 bits per heavy atom. The molecule has 0 aliphatic rings. The first-order chi connectivity index (χ1) is 9.63. The summed E-state index contributed by atoms with van der Waals surface area (Å²) in [7, 11) is 5.70. The van der Waals surface area contributed by atoms with Crippen molar-refractivity contribution in [1.29, 1.82) is 0 Å². The van der Waals surface area contributed by atoms with Crippen molar-refractivity contribution in [3.05, 3.63) is 59.9 Å². The zero-order valence-electron chi connectivity index (χ0n) is 12.1. The first kappa shape index (κ1) is 13.9. The molecule has 0 saturated heterocycles. The van der Waals surface area contributed by atoms with E-state index in [0.29, 0.717) is 0 Å². The van der Waals surface area contributed by atoms with Gasteiger partial charge in [-0.05, 0) is 23.3 Å². The predicted octanol–water partition coefficient (Wildman–Crippen LogP) is 3.24. The van der Waals surface area contributed by atoms with Crippen LogP contribution < -0.4 is 4.57 Å². The van der Waals surface area contributed by atoms with E-state index in [4.69, 9.17) is 0 Å². The number of aryl methyl sites for hydroxylation is 1. The van der Waals surface area contributed by atoms with Crippen molar-refractivity contribution < 1.29 is 4.57 Å². The summed E-state index contributed by atoms with van der Waals surface area (Å²) in [5.74, 6) is 0. The van der Waals surface area contributed by atoms with Gasteiger partial charge in [0.15, 0.2) is 12.4 Å². The van der Waals surface area contributed by atoms with Crippen LogP contribution in [0.4, 0.5) is 5.69 Å². The first-order valence-electron chi connectivity index (χ1n) is 6.46. The van der Waals surface area contributed by atoms with Gasteiger partial charge in [0.2, 0.25) is 0 Å². The van der Waals surface area contributed by atoms with E-state index < -0.39 is 0 Å². The summed E-state index contributed by atoms with van der Waals surface area (Å²) in [5.41, 5.74) is 3.17. The lowest BCUT2D eigenvalue weighted by Gasteiger charge is -2.00. The summed E-state index contributed by atoms with van der Waals surface area (Å²) in [4.78, 5) is 0. The minimum absolute atomic E-state index is 0.850. The standard InChI is InChI=1S/C16H19N4/c1-19(2)18-17-16-8-6-14(7-9-16)4-5-15-10-12-20(3)13-11-15/h4-13H,1-3H3/q+1. The summed E-state index contributed by atoms with van der Waals surface area (Å²) in [6.45, 7) is 0. The summed E-state index contributed by atoms with van der Waals surface area (Å²) in [6, 6.07) is 12.1. The number of hydrogen-bond donors (Lipinski definition) is 0. The number of aromatic nitrogens is 1. The summed E-state index contributed by atoms with van der Waals surface area (Å²) in [5, 5.41) is 9.73. The second-order valence-electron chi connectivity index (χ2n) is 4.76. The third-order valence-electron chi connectivity index (χ3n) is 2.70. The molecule has 0 bridgehead atoms. The quantitative estimate of drug-likeness (QED) is 0.475. The minimum Gasteiger partial charge on any atom is -0.285 e. The van der Waals surface area contributed by atoms with Gasteiger partial charge < -0.3 is 0 Å². The summed E-state index contributed by atoms with van der Waals surface area (Å²) < 4.78 is 2.02. The normalized spacial score (nSPS) is 11.3. The molecule has 0 N–H and O–H groups in total. The Bertz CT molecular complexity index is 595. The topological polar surface area (TPSA) is 31.8 Å². The fourth-order valence-corrected chi connectivity index (χ4v) is 1.61. The highest BCUT2D eigenvalue weighted by molar-refractivity contribution is 5.69. The highest BCUT2D eigenvalue weighted by Crippen LogP contribution is 2.15. The molecule has 1 aromatic carbocycles. The van der Waals surface area contributed by atoms with E-state index >= 15 is 0 Å². The molecule has 2 rings (SSSR count). The van der Waals surface area contributed by atoms with E-state index in [1.165, 1.54) is 5.56 Å². The van der Waals surface area contributed by atoms with Gasteiger partial charge in [0, 0.05) is 26.2 Å². The van der Waals surface area contributed by atoms with Gasteiger partial charge in [0.25, 0.3) is 0 Å². The fraction of sp³-hybridized carbons (Fsp3) is 0.188. The largest absolute Gasteiger partial charge is 0.285 e. The van der Waals surface area contributed by atoms with E-state index in [2.05, 4.69) is 34.6 Å². The molecule has 4 nitrogen and oxygen atoms in total. The molecule has 102 valence electrons. The predicted molar refractivity (Wildman–Crippen MR) is 81.2 cm³/mol. The Hall–Kier alpha value is -2.49. The van der Waals surface area contributed by atoms with Gasteiger partial charge in [-0.25, -0.2) is 4.57 Å². The number of benzene rings is 1. The lowest BCUT2D eigenvalue weighted by molar-refractivity contribution is -0.671. The molecule has 0 aliphatic heterocycles. The minimum atomic E-state index is 0.850. The van der Waals surface area contributed by atoms with Crippen LogP contribution in [-0.2, 0) is 7.05 Å². The van der Waals surface area contributed by atoms with Crippen molar-refractivity contribution in [2.45, 2.75) is 0 Å². The van der Waals surface area contributed by atoms with Gasteiger partial charge in [0.1, 0.15) is 7.05 Å². The van der Waals surface area contributed by atoms with E-state index in [1.807, 2.05) is 62.4 Å². The molecule has 0 atom stereocenters. The molecule has 2 aromatic rings. The van der Waals surface area contributed by atoms with Crippen molar-refractivity contribution in [2.24, 2.45) is 17.4 Å². The Kier molecular flexibility index (Phi) is 4.60. The van der Waals surface area contributed by atoms with Crippen LogP contribution in [0.15, 0.2) is 59.1 Å².